The van der Waals surface area contributed by atoms with E-state index in [0.29, 0.717) is 16.4 Å². The van der Waals surface area contributed by atoms with Crippen molar-refractivity contribution in [1.29, 1.82) is 0 Å². The molecule has 0 aliphatic carbocycles. The Morgan fingerprint density at radius 1 is 1.53 bits per heavy atom. The largest absolute Gasteiger partial charge is 0.464 e. The van der Waals surface area contributed by atoms with Crippen molar-refractivity contribution in [3.05, 3.63) is 29.0 Å². The maximum absolute atomic E-state index is 11.4. The highest BCUT2D eigenvalue weighted by atomic mass is 35.5. The maximum atomic E-state index is 11.4. The summed E-state index contributed by atoms with van der Waals surface area (Å²) in [5, 5.41) is 1.37. The second kappa shape index (κ2) is 3.55. The average Bonchev–Trinajstić information content (AvgIpc) is 2.54. The molecule has 0 saturated carbocycles. The molecule has 0 aliphatic rings. The Morgan fingerprint density at radius 2 is 2.27 bits per heavy atom. The second-order valence-electron chi connectivity index (χ2n) is 3.15. The number of esters is 1. The van der Waals surface area contributed by atoms with Crippen LogP contribution in [-0.2, 0) is 11.8 Å². The molecular formula is C10H9ClN2O2. The number of halogens is 1. The van der Waals surface area contributed by atoms with E-state index < -0.39 is 0 Å². The van der Waals surface area contributed by atoms with Crippen molar-refractivity contribution in [3.8, 4) is 0 Å². The molecule has 0 bridgehead atoms. The number of rotatable bonds is 1. The summed E-state index contributed by atoms with van der Waals surface area (Å²) >= 11 is 5.81. The number of hydrogen-bond acceptors (Lipinski definition) is 3. The first-order valence-corrected chi connectivity index (χ1v) is 4.70. The van der Waals surface area contributed by atoms with Crippen LogP contribution in [0.3, 0.4) is 0 Å². The molecule has 0 radical (unpaired) electrons. The number of carbonyl (C=O) groups is 1. The van der Waals surface area contributed by atoms with Gasteiger partial charge in [-0.3, -0.25) is 0 Å². The predicted molar refractivity (Wildman–Crippen MR) is 57.1 cm³/mol. The molecule has 0 aliphatic heterocycles. The zero-order valence-electron chi connectivity index (χ0n) is 8.32. The fourth-order valence-corrected chi connectivity index (χ4v) is 1.66. The summed E-state index contributed by atoms with van der Waals surface area (Å²) in [6.07, 6.45) is 1.55. The number of ether oxygens (including phenoxy) is 1. The van der Waals surface area contributed by atoms with Crippen molar-refractivity contribution in [1.82, 2.24) is 9.55 Å². The molecule has 0 N–H and O–H groups in total. The summed E-state index contributed by atoms with van der Waals surface area (Å²) in [5.41, 5.74) is 1.17. The van der Waals surface area contributed by atoms with Crippen molar-refractivity contribution in [2.45, 2.75) is 0 Å². The first-order valence-electron chi connectivity index (χ1n) is 4.33. The normalized spacial score (nSPS) is 10.6. The van der Waals surface area contributed by atoms with Gasteiger partial charge in [0.2, 0.25) is 0 Å². The van der Waals surface area contributed by atoms with Gasteiger partial charge in [0.1, 0.15) is 11.3 Å². The zero-order valence-corrected chi connectivity index (χ0v) is 9.08. The van der Waals surface area contributed by atoms with Gasteiger partial charge in [-0.15, -0.1) is 0 Å². The van der Waals surface area contributed by atoms with Crippen LogP contribution in [-0.4, -0.2) is 22.6 Å². The highest BCUT2D eigenvalue weighted by Gasteiger charge is 2.14. The van der Waals surface area contributed by atoms with Crippen LogP contribution >= 0.6 is 11.6 Å². The van der Waals surface area contributed by atoms with Crippen LogP contribution in [0.2, 0.25) is 5.02 Å². The number of carbonyl (C=O) groups excluding carboxylic acids is 1. The van der Waals surface area contributed by atoms with Gasteiger partial charge in [-0.1, -0.05) is 11.6 Å². The zero-order chi connectivity index (χ0) is 11.0. The molecule has 0 amide bonds. The van der Waals surface area contributed by atoms with Crippen LogP contribution in [0.15, 0.2) is 18.3 Å². The second-order valence-corrected chi connectivity index (χ2v) is 3.58. The quantitative estimate of drug-likeness (QED) is 0.696. The molecule has 2 aromatic rings. The van der Waals surface area contributed by atoms with Crippen molar-refractivity contribution in [2.75, 3.05) is 7.11 Å². The van der Waals surface area contributed by atoms with E-state index in [0.717, 1.165) is 5.39 Å². The Kier molecular flexibility index (Phi) is 2.36. The first kappa shape index (κ1) is 9.98. The van der Waals surface area contributed by atoms with Crippen LogP contribution in [0, 0.1) is 0 Å². The van der Waals surface area contributed by atoms with Crippen molar-refractivity contribution in [3.63, 3.8) is 0 Å². The van der Waals surface area contributed by atoms with E-state index in [1.54, 1.807) is 29.9 Å². The number of nitrogens with zero attached hydrogens (tertiary/aromatic N) is 2. The Morgan fingerprint density at radius 3 is 2.93 bits per heavy atom. The van der Waals surface area contributed by atoms with Gasteiger partial charge in [-0.2, -0.15) is 0 Å². The van der Waals surface area contributed by atoms with Crippen LogP contribution in [0.4, 0.5) is 0 Å². The highest BCUT2D eigenvalue weighted by Crippen LogP contribution is 2.20. The van der Waals surface area contributed by atoms with Gasteiger partial charge in [0.15, 0.2) is 0 Å². The predicted octanol–water partition coefficient (Wildman–Crippen LogP) is 2.01. The van der Waals surface area contributed by atoms with Crippen LogP contribution < -0.4 is 0 Å². The highest BCUT2D eigenvalue weighted by molar-refractivity contribution is 6.31. The summed E-state index contributed by atoms with van der Waals surface area (Å²) in [4.78, 5) is 15.5. The Bertz CT molecular complexity index is 533. The number of aryl methyl sites for hydroxylation is 1. The van der Waals surface area contributed by atoms with Gasteiger partial charge in [0, 0.05) is 18.6 Å². The van der Waals surface area contributed by atoms with E-state index >= 15 is 0 Å². The molecule has 4 nitrogen and oxygen atoms in total. The first-order chi connectivity index (χ1) is 7.13. The number of pyridine rings is 1. The molecule has 0 atom stereocenters. The molecule has 0 saturated heterocycles. The lowest BCUT2D eigenvalue weighted by Crippen LogP contribution is -2.07. The van der Waals surface area contributed by atoms with Crippen LogP contribution in [0.25, 0.3) is 11.0 Å². The topological polar surface area (TPSA) is 44.1 Å². The summed E-state index contributed by atoms with van der Waals surface area (Å²) in [6.45, 7) is 0. The number of fused-ring (bicyclic) bond motifs is 1. The molecule has 0 spiro atoms. The van der Waals surface area contributed by atoms with E-state index in [-0.39, 0.29) is 5.97 Å². The lowest BCUT2D eigenvalue weighted by molar-refractivity contribution is 0.0590. The van der Waals surface area contributed by atoms with E-state index in [4.69, 9.17) is 11.6 Å². The van der Waals surface area contributed by atoms with E-state index in [9.17, 15) is 4.79 Å². The molecule has 0 aromatic carbocycles. The average molecular weight is 225 g/mol. The van der Waals surface area contributed by atoms with Gasteiger partial charge in [0.25, 0.3) is 0 Å². The van der Waals surface area contributed by atoms with Crippen molar-refractivity contribution in [2.24, 2.45) is 7.05 Å². The lowest BCUT2D eigenvalue weighted by atomic mass is 10.3. The fraction of sp³-hybridized carbons (Fsp3) is 0.200. The maximum Gasteiger partial charge on any atom is 0.354 e. The Balaban J connectivity index is 2.69. The van der Waals surface area contributed by atoms with Crippen LogP contribution in [0.1, 0.15) is 10.5 Å². The summed E-state index contributed by atoms with van der Waals surface area (Å²) in [5.74, 6) is -0.383. The molecule has 0 fully saturated rings. The van der Waals surface area contributed by atoms with Gasteiger partial charge >= 0.3 is 5.97 Å². The van der Waals surface area contributed by atoms with Crippen LogP contribution in [0.5, 0.6) is 0 Å². The van der Waals surface area contributed by atoms with Gasteiger partial charge < -0.3 is 9.30 Å². The fourth-order valence-electron chi connectivity index (χ4n) is 1.49. The van der Waals surface area contributed by atoms with E-state index in [1.165, 1.54) is 7.11 Å². The minimum Gasteiger partial charge on any atom is -0.464 e. The molecule has 15 heavy (non-hydrogen) atoms. The number of hydrogen-bond donors (Lipinski definition) is 0. The number of aromatic nitrogens is 2. The van der Waals surface area contributed by atoms with E-state index in [1.807, 2.05) is 0 Å². The standard InChI is InChI=1S/C10H9ClN2O2/c1-13-8(10(14)15-2)4-6-3-7(11)5-12-9(6)13/h3-5H,1-2H3. The SMILES string of the molecule is COC(=O)c1cc2cc(Cl)cnc2n1C. The third-order valence-corrected chi connectivity index (χ3v) is 2.43. The molecule has 5 heteroatoms. The molecule has 2 heterocycles. The minimum atomic E-state index is -0.383. The molecular weight excluding hydrogens is 216 g/mol. The molecule has 2 rings (SSSR count). The Hall–Kier alpha value is -1.55. The Labute approximate surface area is 91.4 Å². The number of methoxy groups -OCH3 is 1. The third-order valence-electron chi connectivity index (χ3n) is 2.23. The summed E-state index contributed by atoms with van der Waals surface area (Å²) in [7, 11) is 3.11. The van der Waals surface area contributed by atoms with Crippen molar-refractivity contribution >= 4 is 28.6 Å². The third kappa shape index (κ3) is 1.57. The van der Waals surface area contributed by atoms with Crippen molar-refractivity contribution < 1.29 is 9.53 Å². The van der Waals surface area contributed by atoms with E-state index in [2.05, 4.69) is 9.72 Å². The van der Waals surface area contributed by atoms with Gasteiger partial charge in [-0.25, -0.2) is 9.78 Å². The minimum absolute atomic E-state index is 0.383. The molecule has 78 valence electrons. The molecule has 0 unspecified atom stereocenters. The smallest absolute Gasteiger partial charge is 0.354 e. The summed E-state index contributed by atoms with van der Waals surface area (Å²) in [6, 6.07) is 3.47. The van der Waals surface area contributed by atoms with Gasteiger partial charge in [-0.05, 0) is 12.1 Å². The monoisotopic (exact) mass is 224 g/mol. The lowest BCUT2D eigenvalue weighted by Gasteiger charge is -2.00. The molecule has 2 aromatic heterocycles. The summed E-state index contributed by atoms with van der Waals surface area (Å²) < 4.78 is 6.33. The van der Waals surface area contributed by atoms with Gasteiger partial charge in [0.05, 0.1) is 12.1 Å².